The van der Waals surface area contributed by atoms with E-state index in [4.69, 9.17) is 9.47 Å². The smallest absolute Gasteiger partial charge is 0.234 e. The van der Waals surface area contributed by atoms with Crippen LogP contribution in [0, 0.1) is 11.3 Å². The number of hydrogen-bond donors (Lipinski definition) is 1. The molecule has 2 aromatic rings. The number of nitriles is 1. The Morgan fingerprint density at radius 3 is 2.46 bits per heavy atom. The maximum absolute atomic E-state index is 9.22. The maximum Gasteiger partial charge on any atom is 0.234 e. The Kier molecular flexibility index (Phi) is 4.67. The van der Waals surface area contributed by atoms with E-state index in [1.165, 1.54) is 0 Å². The SMILES string of the molecule is COc1cc2nc(C#N)nc(NC3CCN(C)CC3)c2cc1OC. The molecular weight excluding hydrogens is 306 g/mol. The summed E-state index contributed by atoms with van der Waals surface area (Å²) >= 11 is 0. The predicted octanol–water partition coefficient (Wildman–Crippen LogP) is 2.02. The molecule has 0 radical (unpaired) electrons. The second-order valence-electron chi connectivity index (χ2n) is 5.95. The highest BCUT2D eigenvalue weighted by molar-refractivity contribution is 5.92. The van der Waals surface area contributed by atoms with Crippen LogP contribution in [0.3, 0.4) is 0 Å². The van der Waals surface area contributed by atoms with E-state index in [0.29, 0.717) is 28.9 Å². The topological polar surface area (TPSA) is 83.3 Å². The molecular formula is C17H21N5O2. The fraction of sp³-hybridized carbons (Fsp3) is 0.471. The van der Waals surface area contributed by atoms with Crippen LogP contribution in [0.15, 0.2) is 12.1 Å². The molecule has 1 fully saturated rings. The zero-order chi connectivity index (χ0) is 17.1. The van der Waals surface area contributed by atoms with Crippen LogP contribution in [0.25, 0.3) is 10.9 Å². The first kappa shape index (κ1) is 16.3. The molecule has 1 aromatic carbocycles. The number of methoxy groups -OCH3 is 2. The van der Waals surface area contributed by atoms with E-state index in [0.717, 1.165) is 31.3 Å². The van der Waals surface area contributed by atoms with Crippen molar-refractivity contribution >= 4 is 16.7 Å². The molecule has 1 N–H and O–H groups in total. The Balaban J connectivity index is 2.03. The number of piperidine rings is 1. The van der Waals surface area contributed by atoms with Crippen molar-refractivity contribution in [3.05, 3.63) is 18.0 Å². The van der Waals surface area contributed by atoms with Crippen LogP contribution in [0.2, 0.25) is 0 Å². The lowest BCUT2D eigenvalue weighted by atomic mass is 10.1. The third-order valence-electron chi connectivity index (χ3n) is 4.36. The van der Waals surface area contributed by atoms with Gasteiger partial charge in [-0.2, -0.15) is 5.26 Å². The monoisotopic (exact) mass is 327 g/mol. The lowest BCUT2D eigenvalue weighted by molar-refractivity contribution is 0.263. The highest BCUT2D eigenvalue weighted by atomic mass is 16.5. The van der Waals surface area contributed by atoms with Gasteiger partial charge in [-0.05, 0) is 39.0 Å². The number of hydrogen-bond acceptors (Lipinski definition) is 7. The van der Waals surface area contributed by atoms with Gasteiger partial charge < -0.3 is 19.7 Å². The average Bonchev–Trinajstić information content (AvgIpc) is 2.62. The lowest BCUT2D eigenvalue weighted by Crippen LogP contribution is -2.37. The van der Waals surface area contributed by atoms with E-state index in [1.807, 2.05) is 12.1 Å². The van der Waals surface area contributed by atoms with Crippen molar-refractivity contribution in [3.8, 4) is 17.6 Å². The van der Waals surface area contributed by atoms with Crippen molar-refractivity contribution < 1.29 is 9.47 Å². The zero-order valence-electron chi connectivity index (χ0n) is 14.2. The van der Waals surface area contributed by atoms with Gasteiger partial charge in [0, 0.05) is 17.5 Å². The van der Waals surface area contributed by atoms with Crippen molar-refractivity contribution in [2.75, 3.05) is 39.7 Å². The van der Waals surface area contributed by atoms with Crippen molar-refractivity contribution in [3.63, 3.8) is 0 Å². The second kappa shape index (κ2) is 6.89. The van der Waals surface area contributed by atoms with E-state index in [1.54, 1.807) is 20.3 Å². The largest absolute Gasteiger partial charge is 0.493 e. The molecule has 1 aliphatic rings. The molecule has 0 saturated carbocycles. The summed E-state index contributed by atoms with van der Waals surface area (Å²) in [5.74, 6) is 2.01. The van der Waals surface area contributed by atoms with Crippen LogP contribution in [0.1, 0.15) is 18.7 Å². The summed E-state index contributed by atoms with van der Waals surface area (Å²) < 4.78 is 10.7. The Hall–Kier alpha value is -2.59. The third-order valence-corrected chi connectivity index (χ3v) is 4.36. The van der Waals surface area contributed by atoms with E-state index < -0.39 is 0 Å². The van der Waals surface area contributed by atoms with Gasteiger partial charge in [0.2, 0.25) is 5.82 Å². The van der Waals surface area contributed by atoms with E-state index >= 15 is 0 Å². The summed E-state index contributed by atoms with van der Waals surface area (Å²) in [7, 11) is 5.30. The summed E-state index contributed by atoms with van der Waals surface area (Å²) in [4.78, 5) is 11.0. The molecule has 7 heteroatoms. The van der Waals surface area contributed by atoms with Gasteiger partial charge in [0.1, 0.15) is 11.9 Å². The van der Waals surface area contributed by atoms with Crippen molar-refractivity contribution in [1.29, 1.82) is 5.26 Å². The minimum absolute atomic E-state index is 0.144. The Morgan fingerprint density at radius 2 is 1.83 bits per heavy atom. The van der Waals surface area contributed by atoms with Gasteiger partial charge in [0.15, 0.2) is 11.5 Å². The van der Waals surface area contributed by atoms with Crippen molar-refractivity contribution in [1.82, 2.24) is 14.9 Å². The van der Waals surface area contributed by atoms with E-state index in [2.05, 4.69) is 27.2 Å². The number of benzene rings is 1. The number of likely N-dealkylation sites (tertiary alicyclic amines) is 1. The number of nitrogens with zero attached hydrogens (tertiary/aromatic N) is 4. The molecule has 0 amide bonds. The van der Waals surface area contributed by atoms with E-state index in [9.17, 15) is 5.26 Å². The molecule has 126 valence electrons. The molecule has 24 heavy (non-hydrogen) atoms. The normalized spacial score (nSPS) is 15.9. The predicted molar refractivity (Wildman–Crippen MR) is 91.5 cm³/mol. The molecule has 1 aromatic heterocycles. The lowest BCUT2D eigenvalue weighted by Gasteiger charge is -2.30. The second-order valence-corrected chi connectivity index (χ2v) is 5.95. The van der Waals surface area contributed by atoms with Crippen LogP contribution < -0.4 is 14.8 Å². The fourth-order valence-electron chi connectivity index (χ4n) is 2.96. The Labute approximate surface area is 141 Å². The van der Waals surface area contributed by atoms with Crippen molar-refractivity contribution in [2.24, 2.45) is 0 Å². The fourth-order valence-corrected chi connectivity index (χ4v) is 2.96. The molecule has 2 heterocycles. The quantitative estimate of drug-likeness (QED) is 0.919. The molecule has 0 spiro atoms. The van der Waals surface area contributed by atoms with Crippen LogP contribution in [0.5, 0.6) is 11.5 Å². The molecule has 0 bridgehead atoms. The summed E-state index contributed by atoms with van der Waals surface area (Å²) in [6.07, 6.45) is 2.08. The average molecular weight is 327 g/mol. The minimum Gasteiger partial charge on any atom is -0.493 e. The van der Waals surface area contributed by atoms with Crippen LogP contribution in [-0.2, 0) is 0 Å². The molecule has 0 aliphatic carbocycles. The standard InChI is InChI=1S/C17H21N5O2/c1-22-6-4-11(5-7-22)19-17-12-8-14(23-2)15(24-3)9-13(12)20-16(10-18)21-17/h8-9,11H,4-7H2,1-3H3,(H,19,20,21). The van der Waals surface area contributed by atoms with Gasteiger partial charge in [-0.15, -0.1) is 0 Å². The van der Waals surface area contributed by atoms with Gasteiger partial charge >= 0.3 is 0 Å². The maximum atomic E-state index is 9.22. The van der Waals surface area contributed by atoms with Crippen LogP contribution in [-0.4, -0.2) is 55.3 Å². The number of nitrogens with one attached hydrogen (secondary N) is 1. The number of ether oxygens (including phenoxy) is 2. The van der Waals surface area contributed by atoms with Gasteiger partial charge in [0.25, 0.3) is 0 Å². The minimum atomic E-state index is 0.144. The number of anilines is 1. The van der Waals surface area contributed by atoms with Gasteiger partial charge in [-0.25, -0.2) is 9.97 Å². The highest BCUT2D eigenvalue weighted by Crippen LogP contribution is 2.34. The molecule has 7 nitrogen and oxygen atoms in total. The molecule has 1 aliphatic heterocycles. The molecule has 3 rings (SSSR count). The Morgan fingerprint density at radius 1 is 1.17 bits per heavy atom. The first-order valence-corrected chi connectivity index (χ1v) is 7.93. The van der Waals surface area contributed by atoms with Crippen LogP contribution >= 0.6 is 0 Å². The highest BCUT2D eigenvalue weighted by Gasteiger charge is 2.19. The third kappa shape index (κ3) is 3.19. The zero-order valence-corrected chi connectivity index (χ0v) is 14.2. The summed E-state index contributed by atoms with van der Waals surface area (Å²) in [6, 6.07) is 5.99. The van der Waals surface area contributed by atoms with Gasteiger partial charge in [0.05, 0.1) is 19.7 Å². The van der Waals surface area contributed by atoms with Crippen molar-refractivity contribution in [2.45, 2.75) is 18.9 Å². The summed E-state index contributed by atoms with van der Waals surface area (Å²) in [6.45, 7) is 2.09. The Bertz CT molecular complexity index is 779. The summed E-state index contributed by atoms with van der Waals surface area (Å²) in [5.41, 5.74) is 0.662. The molecule has 0 unspecified atom stereocenters. The first-order chi connectivity index (χ1) is 11.6. The molecule has 0 atom stereocenters. The van der Waals surface area contributed by atoms with Crippen LogP contribution in [0.4, 0.5) is 5.82 Å². The van der Waals surface area contributed by atoms with Gasteiger partial charge in [-0.1, -0.05) is 0 Å². The number of rotatable bonds is 4. The molecule has 1 saturated heterocycles. The van der Waals surface area contributed by atoms with E-state index in [-0.39, 0.29) is 5.82 Å². The first-order valence-electron chi connectivity index (χ1n) is 7.93. The number of fused-ring (bicyclic) bond motifs is 1. The number of aromatic nitrogens is 2. The van der Waals surface area contributed by atoms with Gasteiger partial charge in [-0.3, -0.25) is 0 Å². The summed E-state index contributed by atoms with van der Waals surface area (Å²) in [5, 5.41) is 13.5.